The number of hydrogen-bond donors (Lipinski definition) is 2. The molecule has 2 saturated heterocycles. The number of fused-ring (bicyclic) bond motifs is 1. The largest absolute Gasteiger partial charge is 0.509 e. The molecule has 16 heteroatoms. The number of pyridine rings is 1. The molecule has 268 valence electrons. The fraction of sp³-hybridized carbons (Fsp3) is 0.371. The van der Waals surface area contributed by atoms with Crippen LogP contribution in [0.5, 0.6) is 5.75 Å². The molecule has 3 aliphatic heterocycles. The van der Waals surface area contributed by atoms with Crippen LogP contribution in [0.3, 0.4) is 0 Å². The van der Waals surface area contributed by atoms with Crippen LogP contribution >= 0.6 is 0 Å². The Balaban J connectivity index is 1.27. The second kappa shape index (κ2) is 14.3. The van der Waals surface area contributed by atoms with E-state index < -0.39 is 58.6 Å². The summed E-state index contributed by atoms with van der Waals surface area (Å²) >= 11 is 0. The number of halogens is 5. The lowest BCUT2D eigenvalue weighted by atomic mass is 9.90. The van der Waals surface area contributed by atoms with Crippen molar-refractivity contribution in [2.24, 2.45) is 0 Å². The predicted molar refractivity (Wildman–Crippen MR) is 172 cm³/mol. The van der Waals surface area contributed by atoms with Gasteiger partial charge in [0, 0.05) is 49.2 Å². The number of benzene rings is 2. The van der Waals surface area contributed by atoms with Crippen molar-refractivity contribution in [3.05, 3.63) is 88.4 Å². The van der Waals surface area contributed by atoms with E-state index in [9.17, 15) is 33.1 Å². The first-order valence-corrected chi connectivity index (χ1v) is 16.1. The summed E-state index contributed by atoms with van der Waals surface area (Å²) in [4.78, 5) is 33.7. The van der Waals surface area contributed by atoms with Gasteiger partial charge in [-0.25, -0.2) is 14.4 Å². The maximum absolute atomic E-state index is 15.5. The number of aliphatic hydroxyl groups is 1. The Labute approximate surface area is 289 Å². The van der Waals surface area contributed by atoms with Gasteiger partial charge >= 0.3 is 6.18 Å². The summed E-state index contributed by atoms with van der Waals surface area (Å²) in [7, 11) is 0. The second-order valence-electron chi connectivity index (χ2n) is 12.5. The number of amides is 2. The Hall–Kier alpha value is -5.11. The van der Waals surface area contributed by atoms with E-state index in [2.05, 4.69) is 15.2 Å². The van der Waals surface area contributed by atoms with Gasteiger partial charge in [-0.05, 0) is 61.7 Å². The average Bonchev–Trinajstić information content (AvgIpc) is 3.52. The molecule has 0 unspecified atom stereocenters. The Morgan fingerprint density at radius 1 is 1.12 bits per heavy atom. The maximum Gasteiger partial charge on any atom is 0.416 e. The number of hydrogen-bond acceptors (Lipinski definition) is 9. The van der Waals surface area contributed by atoms with Gasteiger partial charge in [0.05, 0.1) is 30.9 Å². The number of nitriles is 1. The number of hydrazine groups is 1. The van der Waals surface area contributed by atoms with Crippen LogP contribution in [0.25, 0.3) is 11.1 Å². The Kier molecular flexibility index (Phi) is 9.98. The highest BCUT2D eigenvalue weighted by atomic mass is 19.4. The number of nitrogens with one attached hydrogen (secondary N) is 1. The maximum atomic E-state index is 15.5. The lowest BCUT2D eigenvalue weighted by Crippen LogP contribution is -2.60. The van der Waals surface area contributed by atoms with E-state index in [1.54, 1.807) is 6.92 Å². The van der Waals surface area contributed by atoms with Crippen LogP contribution in [-0.4, -0.2) is 88.4 Å². The molecular weight excluding hydrogens is 679 g/mol. The summed E-state index contributed by atoms with van der Waals surface area (Å²) in [6.45, 7) is 4.47. The number of carbonyl (C=O) groups is 2. The van der Waals surface area contributed by atoms with Gasteiger partial charge in [0.25, 0.3) is 11.8 Å². The third-order valence-electron chi connectivity index (χ3n) is 9.31. The van der Waals surface area contributed by atoms with E-state index in [1.807, 2.05) is 6.07 Å². The van der Waals surface area contributed by atoms with Crippen LogP contribution in [0, 0.1) is 23.0 Å². The molecule has 51 heavy (non-hydrogen) atoms. The number of anilines is 1. The fourth-order valence-electron chi connectivity index (χ4n) is 6.54. The van der Waals surface area contributed by atoms with Crippen molar-refractivity contribution in [3.8, 4) is 22.9 Å². The number of carbonyl (C=O) groups excluding carboxylic acids is 2. The third-order valence-corrected chi connectivity index (χ3v) is 9.31. The smallest absolute Gasteiger partial charge is 0.416 e. The van der Waals surface area contributed by atoms with Gasteiger partial charge in [0.15, 0.2) is 11.6 Å². The molecule has 1 atom stereocenters. The molecule has 3 aliphatic rings. The van der Waals surface area contributed by atoms with Crippen molar-refractivity contribution in [3.63, 3.8) is 0 Å². The van der Waals surface area contributed by atoms with E-state index in [0.29, 0.717) is 45.7 Å². The zero-order valence-corrected chi connectivity index (χ0v) is 27.4. The van der Waals surface area contributed by atoms with Gasteiger partial charge in [-0.3, -0.25) is 19.5 Å². The molecule has 2 amide bonds. The Morgan fingerprint density at radius 2 is 1.88 bits per heavy atom. The average molecular weight is 713 g/mol. The highest BCUT2D eigenvalue weighted by Gasteiger charge is 2.53. The van der Waals surface area contributed by atoms with Gasteiger partial charge < -0.3 is 19.9 Å². The number of nitrogens with zero attached hydrogens (tertiary/aromatic N) is 5. The summed E-state index contributed by atoms with van der Waals surface area (Å²) < 4.78 is 82.6. The van der Waals surface area contributed by atoms with E-state index >= 15 is 8.78 Å². The topological polar surface area (TPSA) is 131 Å². The quantitative estimate of drug-likeness (QED) is 0.227. The van der Waals surface area contributed by atoms with Crippen molar-refractivity contribution >= 4 is 17.5 Å². The molecule has 0 saturated carbocycles. The van der Waals surface area contributed by atoms with E-state index in [1.165, 1.54) is 35.5 Å². The van der Waals surface area contributed by atoms with Crippen LogP contribution in [0.4, 0.5) is 27.6 Å². The number of rotatable bonds is 9. The predicted octanol–water partition coefficient (Wildman–Crippen LogP) is 5.19. The van der Waals surface area contributed by atoms with Crippen LogP contribution in [0.2, 0.25) is 0 Å². The lowest BCUT2D eigenvalue weighted by molar-refractivity contribution is -0.160. The molecule has 1 aromatic heterocycles. The molecule has 0 radical (unpaired) electrons. The summed E-state index contributed by atoms with van der Waals surface area (Å²) in [6, 6.07) is 9.45. The van der Waals surface area contributed by atoms with Gasteiger partial charge in [-0.2, -0.15) is 22.8 Å². The number of ether oxygens (including phenoxy) is 2. The molecule has 0 aliphatic carbocycles. The first-order chi connectivity index (χ1) is 24.3. The minimum absolute atomic E-state index is 0.0915. The minimum atomic E-state index is -4.74. The molecule has 0 bridgehead atoms. The molecule has 2 aromatic carbocycles. The van der Waals surface area contributed by atoms with Crippen LogP contribution in [0.1, 0.15) is 36.6 Å². The van der Waals surface area contributed by atoms with E-state index in [-0.39, 0.29) is 47.0 Å². The van der Waals surface area contributed by atoms with Gasteiger partial charge in [-0.1, -0.05) is 6.07 Å². The molecule has 2 N–H and O–H groups in total. The monoisotopic (exact) mass is 712 g/mol. The van der Waals surface area contributed by atoms with E-state index in [0.717, 1.165) is 23.2 Å². The first-order valence-electron chi connectivity index (χ1n) is 16.1. The molecule has 11 nitrogen and oxygen atoms in total. The van der Waals surface area contributed by atoms with E-state index in [4.69, 9.17) is 9.47 Å². The van der Waals surface area contributed by atoms with Crippen LogP contribution < -0.4 is 10.1 Å². The summed E-state index contributed by atoms with van der Waals surface area (Å²) in [6.07, 6.45) is -2.74. The summed E-state index contributed by atoms with van der Waals surface area (Å²) in [5, 5.41) is 25.7. The van der Waals surface area contributed by atoms with Crippen molar-refractivity contribution < 1.29 is 46.1 Å². The second-order valence-corrected chi connectivity index (χ2v) is 12.5. The van der Waals surface area contributed by atoms with Crippen molar-refractivity contribution in [2.75, 3.05) is 51.3 Å². The first kappa shape index (κ1) is 35.7. The molecular formula is C35H33F5N6O5. The van der Waals surface area contributed by atoms with Crippen molar-refractivity contribution in [1.82, 2.24) is 19.9 Å². The highest BCUT2D eigenvalue weighted by Crippen LogP contribution is 2.43. The zero-order valence-electron chi connectivity index (χ0n) is 27.4. The number of alkyl halides is 3. The molecule has 0 spiro atoms. The molecule has 6 rings (SSSR count). The Morgan fingerprint density at radius 3 is 2.61 bits per heavy atom. The molecule has 4 heterocycles. The summed E-state index contributed by atoms with van der Waals surface area (Å²) in [5.74, 6) is -5.54. The van der Waals surface area contributed by atoms with Gasteiger partial charge in [0.2, 0.25) is 5.82 Å². The Bertz CT molecular complexity index is 1930. The normalized spacial score (nSPS) is 19.9. The van der Waals surface area contributed by atoms with Gasteiger partial charge in [-0.15, -0.1) is 0 Å². The van der Waals surface area contributed by atoms with Gasteiger partial charge in [0.1, 0.15) is 29.7 Å². The molecule has 2 fully saturated rings. The number of aromatic nitrogens is 1. The third kappa shape index (κ3) is 7.09. The lowest BCUT2D eigenvalue weighted by Gasteiger charge is -2.46. The van der Waals surface area contributed by atoms with Crippen molar-refractivity contribution in [1.29, 1.82) is 5.26 Å². The number of aliphatic hydroxyl groups excluding tert-OH is 1. The minimum Gasteiger partial charge on any atom is -0.509 e. The number of morpholine rings is 1. The summed E-state index contributed by atoms with van der Waals surface area (Å²) in [5.41, 5.74) is -3.50. The SMILES string of the molecule is C[C@]12CCCN1N(Cc1ccc(OCCN3CCOCC3)c(F)c1F)C(=O)C(C(=O)Nc1ccc(C(F)(F)F)cc1-c1ccnc(C#N)c1)=C2O. The zero-order chi connectivity index (χ0) is 36.5. The van der Waals surface area contributed by atoms with Crippen molar-refractivity contribution in [2.45, 2.75) is 38.0 Å². The van der Waals surface area contributed by atoms with Crippen LogP contribution in [0.15, 0.2) is 60.0 Å². The fourth-order valence-corrected chi connectivity index (χ4v) is 6.54. The van der Waals surface area contributed by atoms with Crippen LogP contribution in [-0.2, 0) is 27.0 Å². The highest BCUT2D eigenvalue weighted by molar-refractivity contribution is 6.24. The standard InChI is InChI=1S/C35H33F5N6O5/c1-34-8-2-10-46(34)45(20-22-3-6-27(30(37)29(22)36)51-16-13-44-11-14-50-15-12-44)33(49)28(31(34)47)32(48)43-26-5-4-23(35(38,39)40)18-25(26)21-7-9-42-24(17-21)19-41/h3-7,9,17-18,47H,2,8,10-16,20H2,1H3,(H,43,48)/t34-/m1/s1. The molecule has 3 aromatic rings.